The number of hydrogen-bond acceptors (Lipinski definition) is 11. The van der Waals surface area contributed by atoms with Crippen molar-refractivity contribution < 1.29 is 37.6 Å². The van der Waals surface area contributed by atoms with Gasteiger partial charge in [0.15, 0.2) is 0 Å². The Morgan fingerprint density at radius 1 is 0.927 bits per heavy atom. The molecule has 3 heterocycles. The zero-order valence-corrected chi connectivity index (χ0v) is 33.0. The second-order valence-electron chi connectivity index (χ2n) is 14.1. The van der Waals surface area contributed by atoms with E-state index in [1.165, 1.54) is 0 Å². The minimum atomic E-state index is -1.65. The van der Waals surface area contributed by atoms with E-state index >= 15 is 0 Å². The topological polar surface area (TPSA) is 144 Å². The Labute approximate surface area is 324 Å². The second kappa shape index (κ2) is 17.9. The summed E-state index contributed by atoms with van der Waals surface area (Å²) in [7, 11) is 1.62. The number of carbonyl (C=O) groups is 2. The standard InChI is InChI=1S/C41H50N5O8P/c1-27(2)46(28(3)4)55(52-24-10-22-42)54-35-25-37(45-23-21-34-38(45)43-40(48)44-39(34)47)53-36(35)26-51-41(29-11-8-7-9-12-29,30-13-17-32(49-5)18-14-30)31-15-19-33(50-6)20-16-31/h7-9,11-21,23,27-28,34-38H,10,24-26H2,1-6H3,(H2,43,44,47,48)/t34?,35-,36+,37+,38?,55?/m0/s1. The predicted octanol–water partition coefficient (Wildman–Crippen LogP) is 6.40. The fourth-order valence-corrected chi connectivity index (χ4v) is 9.21. The molecule has 0 bridgehead atoms. The zero-order valence-electron chi connectivity index (χ0n) is 32.1. The van der Waals surface area contributed by atoms with Crippen LogP contribution in [0, 0.1) is 17.2 Å². The van der Waals surface area contributed by atoms with E-state index in [0.29, 0.717) is 17.9 Å². The molecular weight excluding hydrogens is 721 g/mol. The third-order valence-corrected chi connectivity index (χ3v) is 12.1. The number of carbonyl (C=O) groups excluding carboxylic acids is 2. The molecule has 2 fully saturated rings. The Hall–Kier alpha value is -4.54. The predicted molar refractivity (Wildman–Crippen MR) is 207 cm³/mol. The molecule has 292 valence electrons. The van der Waals surface area contributed by atoms with Crippen molar-refractivity contribution in [1.29, 1.82) is 5.26 Å². The molecule has 0 saturated carbocycles. The monoisotopic (exact) mass is 771 g/mol. The smallest absolute Gasteiger partial charge is 0.323 e. The molecule has 0 spiro atoms. The first-order valence-electron chi connectivity index (χ1n) is 18.6. The van der Waals surface area contributed by atoms with Gasteiger partial charge in [-0.3, -0.25) is 10.1 Å². The number of nitrogens with one attached hydrogen (secondary N) is 2. The maximum absolute atomic E-state index is 12.8. The molecule has 3 aliphatic heterocycles. The molecule has 0 radical (unpaired) electrons. The molecule has 0 aliphatic carbocycles. The molecule has 0 aromatic heterocycles. The van der Waals surface area contributed by atoms with Gasteiger partial charge in [0.05, 0.1) is 51.9 Å². The first-order valence-corrected chi connectivity index (χ1v) is 19.7. The van der Waals surface area contributed by atoms with Crippen molar-refractivity contribution >= 4 is 20.5 Å². The number of methoxy groups -OCH3 is 2. The van der Waals surface area contributed by atoms with E-state index in [2.05, 4.69) is 49.1 Å². The lowest BCUT2D eigenvalue weighted by atomic mass is 9.80. The number of nitrogens with zero attached hydrogens (tertiary/aromatic N) is 3. The van der Waals surface area contributed by atoms with Crippen molar-refractivity contribution in [2.24, 2.45) is 5.92 Å². The van der Waals surface area contributed by atoms with E-state index in [4.69, 9.17) is 28.0 Å². The summed E-state index contributed by atoms with van der Waals surface area (Å²) < 4.78 is 40.7. The van der Waals surface area contributed by atoms with Crippen molar-refractivity contribution in [2.75, 3.05) is 27.4 Å². The number of fused-ring (bicyclic) bond motifs is 1. The van der Waals surface area contributed by atoms with Gasteiger partial charge < -0.3 is 38.2 Å². The molecule has 3 aromatic rings. The Bertz CT molecular complexity index is 1770. The first-order chi connectivity index (χ1) is 26.6. The Balaban J connectivity index is 1.40. The van der Waals surface area contributed by atoms with Crippen LogP contribution in [0.5, 0.6) is 11.5 Å². The minimum absolute atomic E-state index is 0.0788. The highest BCUT2D eigenvalue weighted by Gasteiger charge is 2.49. The Kier molecular flexibility index (Phi) is 13.1. The maximum atomic E-state index is 12.8. The minimum Gasteiger partial charge on any atom is -0.497 e. The Morgan fingerprint density at radius 3 is 2.09 bits per heavy atom. The number of amides is 3. The van der Waals surface area contributed by atoms with Crippen LogP contribution >= 0.6 is 8.53 Å². The lowest BCUT2D eigenvalue weighted by Gasteiger charge is -2.39. The summed E-state index contributed by atoms with van der Waals surface area (Å²) in [5, 5.41) is 14.6. The summed E-state index contributed by atoms with van der Waals surface area (Å²) in [4.78, 5) is 27.1. The van der Waals surface area contributed by atoms with Gasteiger partial charge in [-0.15, -0.1) is 0 Å². The number of imide groups is 1. The number of urea groups is 1. The molecular formula is C41H50N5O8P. The van der Waals surface area contributed by atoms with Gasteiger partial charge in [-0.1, -0.05) is 60.7 Å². The number of benzene rings is 3. The summed E-state index contributed by atoms with van der Waals surface area (Å²) in [6.07, 6.45) is 1.80. The van der Waals surface area contributed by atoms with E-state index < -0.39 is 50.7 Å². The lowest BCUT2D eigenvalue weighted by molar-refractivity contribution is -0.129. The van der Waals surface area contributed by atoms with Crippen LogP contribution in [-0.2, 0) is 28.9 Å². The van der Waals surface area contributed by atoms with Crippen LogP contribution in [0.3, 0.4) is 0 Å². The van der Waals surface area contributed by atoms with Crippen LogP contribution in [0.4, 0.5) is 4.79 Å². The van der Waals surface area contributed by atoms with Gasteiger partial charge in [0, 0.05) is 24.7 Å². The van der Waals surface area contributed by atoms with Crippen LogP contribution in [0.25, 0.3) is 0 Å². The van der Waals surface area contributed by atoms with Gasteiger partial charge in [-0.25, -0.2) is 9.46 Å². The highest BCUT2D eigenvalue weighted by molar-refractivity contribution is 7.44. The highest BCUT2D eigenvalue weighted by atomic mass is 31.2. The zero-order chi connectivity index (χ0) is 39.1. The van der Waals surface area contributed by atoms with Gasteiger partial charge in [0.1, 0.15) is 35.6 Å². The van der Waals surface area contributed by atoms with E-state index in [9.17, 15) is 14.9 Å². The van der Waals surface area contributed by atoms with Gasteiger partial charge in [-0.05, 0) is 68.7 Å². The Morgan fingerprint density at radius 2 is 1.53 bits per heavy atom. The van der Waals surface area contributed by atoms with Crippen LogP contribution in [0.2, 0.25) is 0 Å². The van der Waals surface area contributed by atoms with Crippen LogP contribution in [-0.4, -0.2) is 85.6 Å². The molecule has 3 unspecified atom stereocenters. The third-order valence-electron chi connectivity index (χ3n) is 9.98. The van der Waals surface area contributed by atoms with Gasteiger partial charge in [-0.2, -0.15) is 5.26 Å². The van der Waals surface area contributed by atoms with Crippen molar-refractivity contribution in [3.05, 3.63) is 108 Å². The van der Waals surface area contributed by atoms with E-state index in [1.807, 2.05) is 83.8 Å². The van der Waals surface area contributed by atoms with Crippen molar-refractivity contribution in [2.45, 2.75) is 82.8 Å². The molecule has 3 amide bonds. The van der Waals surface area contributed by atoms with E-state index in [1.54, 1.807) is 26.5 Å². The molecule has 3 aliphatic rings. The fourth-order valence-electron chi connectivity index (χ4n) is 7.45. The molecule has 13 nitrogen and oxygen atoms in total. The summed E-state index contributed by atoms with van der Waals surface area (Å²) in [6.45, 7) is 8.64. The SMILES string of the molecule is COc1ccc(C(OC[C@H]2O[C@@H](N3C=CC4C(=O)NC(=O)NC43)C[C@@H]2OP(OCCC#N)N(C(C)C)C(C)C)(c2ccccc2)c2ccc(OC)cc2)cc1. The maximum Gasteiger partial charge on any atom is 0.323 e. The molecule has 2 saturated heterocycles. The van der Waals surface area contributed by atoms with Crippen LogP contribution in [0.15, 0.2) is 91.1 Å². The van der Waals surface area contributed by atoms with E-state index in [-0.39, 0.29) is 37.6 Å². The number of ether oxygens (including phenoxy) is 4. The summed E-state index contributed by atoms with van der Waals surface area (Å²) in [5.41, 5.74) is 1.51. The number of nitriles is 1. The molecule has 3 aromatic carbocycles. The molecule has 55 heavy (non-hydrogen) atoms. The molecule has 6 atom stereocenters. The quantitative estimate of drug-likeness (QED) is 0.0894. The van der Waals surface area contributed by atoms with Crippen LogP contribution < -0.4 is 20.1 Å². The highest BCUT2D eigenvalue weighted by Crippen LogP contribution is 2.50. The number of rotatable bonds is 17. The van der Waals surface area contributed by atoms with Crippen molar-refractivity contribution in [1.82, 2.24) is 20.2 Å². The molecule has 6 rings (SSSR count). The summed E-state index contributed by atoms with van der Waals surface area (Å²) in [5.74, 6) is 0.473. The lowest BCUT2D eigenvalue weighted by Crippen LogP contribution is -2.62. The van der Waals surface area contributed by atoms with E-state index in [0.717, 1.165) is 16.7 Å². The number of hydrogen-bond donors (Lipinski definition) is 2. The van der Waals surface area contributed by atoms with Crippen molar-refractivity contribution in [3.63, 3.8) is 0 Å². The largest absolute Gasteiger partial charge is 0.497 e. The average molecular weight is 772 g/mol. The summed E-state index contributed by atoms with van der Waals surface area (Å²) >= 11 is 0. The average Bonchev–Trinajstić information content (AvgIpc) is 3.79. The van der Waals surface area contributed by atoms with Crippen LogP contribution in [0.1, 0.15) is 57.2 Å². The second-order valence-corrected chi connectivity index (χ2v) is 15.5. The normalized spacial score (nSPS) is 22.8. The van der Waals surface area contributed by atoms with Gasteiger partial charge in [0.25, 0.3) is 8.53 Å². The third kappa shape index (κ3) is 8.65. The summed E-state index contributed by atoms with van der Waals surface area (Å²) in [6, 6.07) is 27.4. The fraction of sp³-hybridized carbons (Fsp3) is 0.439. The first kappa shape index (κ1) is 40.1. The van der Waals surface area contributed by atoms with Gasteiger partial charge in [0.2, 0.25) is 5.91 Å². The van der Waals surface area contributed by atoms with Gasteiger partial charge >= 0.3 is 6.03 Å². The molecule has 14 heteroatoms. The molecule has 2 N–H and O–H groups in total. The van der Waals surface area contributed by atoms with Crippen molar-refractivity contribution in [3.8, 4) is 17.6 Å².